The van der Waals surface area contributed by atoms with Gasteiger partial charge in [-0.2, -0.15) is 0 Å². The van der Waals surface area contributed by atoms with Crippen LogP contribution in [0.4, 0.5) is 0 Å². The third kappa shape index (κ3) is 0.993. The molecule has 0 radical (unpaired) electrons. The fourth-order valence-electron chi connectivity index (χ4n) is 1.12. The van der Waals surface area contributed by atoms with Crippen molar-refractivity contribution in [3.63, 3.8) is 0 Å². The molecule has 0 aliphatic carbocycles. The number of aromatic amines is 1. The van der Waals surface area contributed by atoms with Crippen LogP contribution in [0.25, 0.3) is 11.0 Å². The second-order valence-electron chi connectivity index (χ2n) is 2.66. The summed E-state index contributed by atoms with van der Waals surface area (Å²) in [5.74, 6) is 0.391. The third-order valence-corrected chi connectivity index (χ3v) is 1.72. The molecule has 0 aliphatic heterocycles. The number of benzene rings is 1. The number of hydrogen-bond donors (Lipinski definition) is 1. The molecule has 0 fully saturated rings. The van der Waals surface area contributed by atoms with E-state index in [0.29, 0.717) is 5.82 Å². The number of fused-ring (bicyclic) bond motifs is 1. The van der Waals surface area contributed by atoms with Crippen LogP contribution in [0.3, 0.4) is 0 Å². The van der Waals surface area contributed by atoms with Crippen LogP contribution >= 0.6 is 0 Å². The summed E-state index contributed by atoms with van der Waals surface area (Å²) < 4.78 is 0. The molecular formula is C9H9N2O+. The second-order valence-corrected chi connectivity index (χ2v) is 2.66. The number of nitrogens with one attached hydrogen (secondary N) is 1. The Balaban J connectivity index is 0.000000845. The van der Waals surface area contributed by atoms with Gasteiger partial charge in [0.05, 0.1) is 11.0 Å². The average Bonchev–Trinajstić information content (AvgIpc) is 2.46. The van der Waals surface area contributed by atoms with E-state index in [1.165, 1.54) is 6.92 Å². The molecule has 1 aromatic carbocycles. The highest BCUT2D eigenvalue weighted by Crippen LogP contribution is 2.09. The average molecular weight is 161 g/mol. The SMILES string of the molecule is CC(=O)c1nc2ccccc2[nH]1.[H+]. The molecule has 0 spiro atoms. The van der Waals surface area contributed by atoms with E-state index in [1.54, 1.807) is 0 Å². The van der Waals surface area contributed by atoms with Crippen molar-refractivity contribution >= 4 is 16.8 Å². The first-order valence-electron chi connectivity index (χ1n) is 3.73. The summed E-state index contributed by atoms with van der Waals surface area (Å²) in [6.45, 7) is 1.50. The molecule has 1 heterocycles. The summed E-state index contributed by atoms with van der Waals surface area (Å²) in [5.41, 5.74) is 1.74. The Morgan fingerprint density at radius 1 is 1.50 bits per heavy atom. The molecule has 0 aliphatic rings. The molecule has 0 amide bonds. The number of imidazole rings is 1. The normalized spacial score (nSPS) is 10.4. The van der Waals surface area contributed by atoms with Crippen LogP contribution in [0.5, 0.6) is 0 Å². The second kappa shape index (κ2) is 2.44. The lowest BCUT2D eigenvalue weighted by Gasteiger charge is -1.82. The summed E-state index contributed by atoms with van der Waals surface area (Å²) in [6.07, 6.45) is 0. The van der Waals surface area contributed by atoms with Gasteiger partial charge in [-0.3, -0.25) is 4.79 Å². The summed E-state index contributed by atoms with van der Waals surface area (Å²) in [5, 5.41) is 0. The van der Waals surface area contributed by atoms with Gasteiger partial charge >= 0.3 is 1.43 Å². The first-order chi connectivity index (χ1) is 5.77. The van der Waals surface area contributed by atoms with Crippen LogP contribution in [0.15, 0.2) is 24.3 Å². The quantitative estimate of drug-likeness (QED) is 0.649. The highest BCUT2D eigenvalue weighted by Gasteiger charge is 2.04. The van der Waals surface area contributed by atoms with Crippen LogP contribution in [0.2, 0.25) is 0 Å². The van der Waals surface area contributed by atoms with Crippen molar-refractivity contribution in [3.8, 4) is 0 Å². The fourth-order valence-corrected chi connectivity index (χ4v) is 1.12. The summed E-state index contributed by atoms with van der Waals surface area (Å²) in [7, 11) is 0. The number of nitrogens with zero attached hydrogens (tertiary/aromatic N) is 1. The van der Waals surface area contributed by atoms with E-state index in [0.717, 1.165) is 11.0 Å². The van der Waals surface area contributed by atoms with E-state index in [1.807, 2.05) is 24.3 Å². The van der Waals surface area contributed by atoms with Crippen LogP contribution in [-0.2, 0) is 0 Å². The number of carbonyl (C=O) groups excluding carboxylic acids is 1. The monoisotopic (exact) mass is 161 g/mol. The maximum Gasteiger partial charge on any atom is 1.00 e. The standard InChI is InChI=1S/C9H8N2O/c1-6(12)9-10-7-4-2-3-5-8(7)11-9/h2-5H,1H3,(H,10,11)/p+1. The molecule has 0 atom stereocenters. The van der Waals surface area contributed by atoms with E-state index in [4.69, 9.17) is 0 Å². The van der Waals surface area contributed by atoms with Gasteiger partial charge in [0.1, 0.15) is 0 Å². The van der Waals surface area contributed by atoms with Crippen LogP contribution in [0, 0.1) is 0 Å². The molecule has 3 nitrogen and oxygen atoms in total. The maximum atomic E-state index is 10.9. The Morgan fingerprint density at radius 3 is 2.92 bits per heavy atom. The van der Waals surface area contributed by atoms with E-state index < -0.39 is 0 Å². The van der Waals surface area contributed by atoms with Gasteiger partial charge < -0.3 is 4.98 Å². The molecule has 0 unspecified atom stereocenters. The number of carbonyl (C=O) groups is 1. The van der Waals surface area contributed by atoms with Crippen molar-refractivity contribution < 1.29 is 6.22 Å². The topological polar surface area (TPSA) is 45.8 Å². The predicted molar refractivity (Wildman–Crippen MR) is 47.2 cm³/mol. The molecule has 12 heavy (non-hydrogen) atoms. The van der Waals surface area contributed by atoms with Gasteiger partial charge in [0.2, 0.25) is 0 Å². The Bertz CT molecular complexity index is 403. The minimum absolute atomic E-state index is 0. The van der Waals surface area contributed by atoms with Gasteiger partial charge in [0.15, 0.2) is 11.6 Å². The Kier molecular flexibility index (Phi) is 1.43. The zero-order chi connectivity index (χ0) is 8.55. The van der Waals surface area contributed by atoms with E-state index in [9.17, 15) is 4.79 Å². The summed E-state index contributed by atoms with van der Waals surface area (Å²) in [6, 6.07) is 7.57. The van der Waals surface area contributed by atoms with Gasteiger partial charge in [-0.1, -0.05) is 12.1 Å². The number of ketones is 1. The molecule has 2 aromatic rings. The Hall–Kier alpha value is -1.64. The number of rotatable bonds is 1. The number of H-pyrrole nitrogens is 1. The van der Waals surface area contributed by atoms with Gasteiger partial charge in [-0.15, -0.1) is 0 Å². The van der Waals surface area contributed by atoms with Gasteiger partial charge in [0, 0.05) is 6.92 Å². The van der Waals surface area contributed by atoms with E-state index in [-0.39, 0.29) is 7.21 Å². The third-order valence-electron chi connectivity index (χ3n) is 1.72. The van der Waals surface area contributed by atoms with Crippen molar-refractivity contribution in [2.75, 3.05) is 0 Å². The van der Waals surface area contributed by atoms with Crippen molar-refractivity contribution in [3.05, 3.63) is 30.1 Å². The molecule has 60 valence electrons. The maximum absolute atomic E-state index is 10.9. The van der Waals surface area contributed by atoms with Gasteiger partial charge in [-0.05, 0) is 12.1 Å². The van der Waals surface area contributed by atoms with Gasteiger partial charge in [0.25, 0.3) is 0 Å². The van der Waals surface area contributed by atoms with Crippen molar-refractivity contribution in [2.45, 2.75) is 6.92 Å². The minimum atomic E-state index is -0.0359. The Morgan fingerprint density at radius 2 is 2.25 bits per heavy atom. The lowest BCUT2D eigenvalue weighted by atomic mass is 10.3. The smallest absolute Gasteiger partial charge is 0.335 e. The first-order valence-corrected chi connectivity index (χ1v) is 3.73. The highest BCUT2D eigenvalue weighted by molar-refractivity contribution is 5.93. The molecule has 2 rings (SSSR count). The number of para-hydroxylation sites is 2. The molecule has 0 saturated heterocycles. The lowest BCUT2D eigenvalue weighted by Crippen LogP contribution is -1.93. The number of hydrogen-bond acceptors (Lipinski definition) is 2. The van der Waals surface area contributed by atoms with Gasteiger partial charge in [-0.25, -0.2) is 4.98 Å². The number of Topliss-reactive ketones (excluding diaryl/α,β-unsaturated/α-hetero) is 1. The van der Waals surface area contributed by atoms with Crippen LogP contribution in [0.1, 0.15) is 19.0 Å². The van der Waals surface area contributed by atoms with Crippen molar-refractivity contribution in [1.82, 2.24) is 9.97 Å². The molecule has 1 aromatic heterocycles. The Labute approximate surface area is 70.9 Å². The first kappa shape index (κ1) is 7.03. The van der Waals surface area contributed by atoms with E-state index in [2.05, 4.69) is 9.97 Å². The molecular weight excluding hydrogens is 152 g/mol. The van der Waals surface area contributed by atoms with Crippen LogP contribution in [-0.4, -0.2) is 15.8 Å². The fraction of sp³-hybridized carbons (Fsp3) is 0.111. The summed E-state index contributed by atoms with van der Waals surface area (Å²) in [4.78, 5) is 18.0. The zero-order valence-corrected chi connectivity index (χ0v) is 6.66. The van der Waals surface area contributed by atoms with E-state index >= 15 is 0 Å². The zero-order valence-electron chi connectivity index (χ0n) is 7.66. The minimum Gasteiger partial charge on any atom is -0.335 e. The largest absolute Gasteiger partial charge is 1.00 e. The molecule has 3 heteroatoms. The van der Waals surface area contributed by atoms with Crippen LogP contribution < -0.4 is 0 Å². The lowest BCUT2D eigenvalue weighted by molar-refractivity contribution is 0.100. The summed E-state index contributed by atoms with van der Waals surface area (Å²) >= 11 is 0. The molecule has 0 saturated carbocycles. The van der Waals surface area contributed by atoms with Crippen molar-refractivity contribution in [2.24, 2.45) is 0 Å². The van der Waals surface area contributed by atoms with Crippen molar-refractivity contribution in [1.29, 1.82) is 0 Å². The molecule has 1 N–H and O–H groups in total. The molecule has 0 bridgehead atoms. The highest BCUT2D eigenvalue weighted by atomic mass is 16.1. The predicted octanol–water partition coefficient (Wildman–Crippen LogP) is 1.88. The number of aromatic nitrogens is 2.